The first-order valence-electron chi connectivity index (χ1n) is 3.43. The average molecular weight is 190 g/mol. The molecule has 0 aromatic carbocycles. The highest BCUT2D eigenvalue weighted by Gasteiger charge is 2.34. The molecule has 2 atom stereocenters. The monoisotopic (exact) mass is 190 g/mol. The number of thioether (sulfide) groups is 1. The molecule has 0 aromatic heterocycles. The van der Waals surface area contributed by atoms with Crippen LogP contribution in [-0.4, -0.2) is 41.2 Å². The topological polar surface area (TPSA) is 78.4 Å². The fourth-order valence-electron chi connectivity index (χ4n) is 0.970. The van der Waals surface area contributed by atoms with Crippen LogP contribution in [0.5, 0.6) is 0 Å². The van der Waals surface area contributed by atoms with Crippen LogP contribution in [0.3, 0.4) is 0 Å². The third kappa shape index (κ3) is 1.89. The van der Waals surface area contributed by atoms with Gasteiger partial charge in [-0.1, -0.05) is 0 Å². The summed E-state index contributed by atoms with van der Waals surface area (Å²) in [6.07, 6.45) is 1.00. The Bertz CT molecular complexity index is 209. The SMILES string of the molecule is CSCC(O)C1NC(=O)NC1=O. The van der Waals surface area contributed by atoms with Crippen LogP contribution in [0.15, 0.2) is 0 Å². The van der Waals surface area contributed by atoms with E-state index in [0.29, 0.717) is 5.75 Å². The Morgan fingerprint density at radius 1 is 1.67 bits per heavy atom. The van der Waals surface area contributed by atoms with Crippen molar-refractivity contribution < 1.29 is 14.7 Å². The second kappa shape index (κ2) is 3.77. The molecule has 3 N–H and O–H groups in total. The minimum Gasteiger partial charge on any atom is -0.390 e. The summed E-state index contributed by atoms with van der Waals surface area (Å²) in [5.41, 5.74) is 0. The number of imide groups is 1. The van der Waals surface area contributed by atoms with Crippen molar-refractivity contribution in [3.8, 4) is 0 Å². The number of aliphatic hydroxyl groups is 1. The number of aliphatic hydroxyl groups excluding tert-OH is 1. The highest BCUT2D eigenvalue weighted by atomic mass is 32.2. The number of urea groups is 1. The normalized spacial score (nSPS) is 25.0. The van der Waals surface area contributed by atoms with Crippen LogP contribution in [0.1, 0.15) is 0 Å². The molecule has 0 saturated carbocycles. The summed E-state index contributed by atoms with van der Waals surface area (Å²) in [6, 6.07) is -1.32. The first-order valence-corrected chi connectivity index (χ1v) is 4.83. The predicted molar refractivity (Wildman–Crippen MR) is 44.9 cm³/mol. The number of rotatable bonds is 3. The molecular weight excluding hydrogens is 180 g/mol. The quantitative estimate of drug-likeness (QED) is 0.495. The largest absolute Gasteiger partial charge is 0.390 e. The van der Waals surface area contributed by atoms with Gasteiger partial charge in [-0.05, 0) is 6.26 Å². The van der Waals surface area contributed by atoms with Crippen molar-refractivity contribution in [1.29, 1.82) is 0 Å². The van der Waals surface area contributed by atoms with Crippen molar-refractivity contribution in [2.45, 2.75) is 12.1 Å². The summed E-state index contributed by atoms with van der Waals surface area (Å²) < 4.78 is 0. The molecule has 5 nitrogen and oxygen atoms in total. The zero-order valence-corrected chi connectivity index (χ0v) is 7.35. The molecule has 0 aliphatic carbocycles. The van der Waals surface area contributed by atoms with Crippen molar-refractivity contribution >= 4 is 23.7 Å². The van der Waals surface area contributed by atoms with E-state index < -0.39 is 24.1 Å². The highest BCUT2D eigenvalue weighted by Crippen LogP contribution is 2.05. The molecule has 2 unspecified atom stereocenters. The van der Waals surface area contributed by atoms with Crippen molar-refractivity contribution in [2.75, 3.05) is 12.0 Å². The summed E-state index contributed by atoms with van der Waals surface area (Å²) in [7, 11) is 0. The van der Waals surface area contributed by atoms with Crippen molar-refractivity contribution in [3.63, 3.8) is 0 Å². The minimum absolute atomic E-state index is 0.429. The number of nitrogens with one attached hydrogen (secondary N) is 2. The maximum absolute atomic E-state index is 10.9. The third-order valence-electron chi connectivity index (χ3n) is 1.53. The molecule has 0 radical (unpaired) electrons. The van der Waals surface area contributed by atoms with Crippen LogP contribution in [0, 0.1) is 0 Å². The molecule has 1 fully saturated rings. The third-order valence-corrected chi connectivity index (χ3v) is 2.20. The van der Waals surface area contributed by atoms with Crippen LogP contribution < -0.4 is 10.6 Å². The number of hydrogen-bond donors (Lipinski definition) is 3. The summed E-state index contributed by atoms with van der Waals surface area (Å²) >= 11 is 1.42. The lowest BCUT2D eigenvalue weighted by Crippen LogP contribution is -2.42. The van der Waals surface area contributed by atoms with Gasteiger partial charge < -0.3 is 10.4 Å². The Morgan fingerprint density at radius 2 is 2.33 bits per heavy atom. The second-order valence-corrected chi connectivity index (χ2v) is 3.37. The molecule has 1 saturated heterocycles. The number of carbonyl (C=O) groups is 2. The molecule has 0 spiro atoms. The molecule has 0 bridgehead atoms. The predicted octanol–water partition coefficient (Wildman–Crippen LogP) is -1.08. The Hall–Kier alpha value is -0.750. The van der Waals surface area contributed by atoms with Crippen molar-refractivity contribution in [1.82, 2.24) is 10.6 Å². The zero-order valence-electron chi connectivity index (χ0n) is 6.53. The van der Waals surface area contributed by atoms with Crippen LogP contribution in [-0.2, 0) is 4.79 Å². The van der Waals surface area contributed by atoms with Gasteiger partial charge in [0.25, 0.3) is 5.91 Å². The Labute approximate surface area is 73.9 Å². The van der Waals surface area contributed by atoms with Gasteiger partial charge in [-0.2, -0.15) is 11.8 Å². The first kappa shape index (κ1) is 9.34. The van der Waals surface area contributed by atoms with Gasteiger partial charge in [-0.25, -0.2) is 4.79 Å². The van der Waals surface area contributed by atoms with Gasteiger partial charge in [0.15, 0.2) is 0 Å². The Kier molecular flexibility index (Phi) is 2.93. The number of amides is 3. The summed E-state index contributed by atoms with van der Waals surface area (Å²) in [5, 5.41) is 13.7. The van der Waals surface area contributed by atoms with E-state index in [0.717, 1.165) is 0 Å². The van der Waals surface area contributed by atoms with Gasteiger partial charge in [0.05, 0.1) is 6.10 Å². The Balaban J connectivity index is 2.51. The molecule has 68 valence electrons. The Morgan fingerprint density at radius 3 is 2.75 bits per heavy atom. The maximum atomic E-state index is 10.9. The molecule has 1 heterocycles. The van der Waals surface area contributed by atoms with E-state index in [-0.39, 0.29) is 0 Å². The smallest absolute Gasteiger partial charge is 0.322 e. The van der Waals surface area contributed by atoms with Gasteiger partial charge in [-0.3, -0.25) is 10.1 Å². The van der Waals surface area contributed by atoms with Gasteiger partial charge in [0.2, 0.25) is 0 Å². The lowest BCUT2D eigenvalue weighted by Gasteiger charge is -2.13. The first-order chi connectivity index (χ1) is 5.65. The van der Waals surface area contributed by atoms with Crippen molar-refractivity contribution in [2.24, 2.45) is 0 Å². The molecular formula is C6H10N2O3S. The van der Waals surface area contributed by atoms with Crippen LogP contribution >= 0.6 is 11.8 Å². The molecule has 1 rings (SSSR count). The van der Waals surface area contributed by atoms with Gasteiger partial charge >= 0.3 is 6.03 Å². The molecule has 0 aromatic rings. The maximum Gasteiger partial charge on any atom is 0.322 e. The van der Waals surface area contributed by atoms with E-state index >= 15 is 0 Å². The average Bonchev–Trinajstić information content (AvgIpc) is 2.30. The van der Waals surface area contributed by atoms with Gasteiger partial charge in [0, 0.05) is 5.75 Å². The van der Waals surface area contributed by atoms with E-state index in [1.54, 1.807) is 0 Å². The van der Waals surface area contributed by atoms with Gasteiger partial charge in [0.1, 0.15) is 6.04 Å². The fourth-order valence-corrected chi connectivity index (χ4v) is 1.50. The summed E-state index contributed by atoms with van der Waals surface area (Å²) in [6.45, 7) is 0. The van der Waals surface area contributed by atoms with Crippen LogP contribution in [0.25, 0.3) is 0 Å². The molecule has 3 amide bonds. The molecule has 1 aliphatic heterocycles. The summed E-state index contributed by atoms with van der Waals surface area (Å²) in [4.78, 5) is 21.5. The van der Waals surface area contributed by atoms with Crippen LogP contribution in [0.2, 0.25) is 0 Å². The fraction of sp³-hybridized carbons (Fsp3) is 0.667. The lowest BCUT2D eigenvalue weighted by atomic mass is 10.2. The molecule has 12 heavy (non-hydrogen) atoms. The number of carbonyl (C=O) groups excluding carboxylic acids is 2. The molecule has 6 heteroatoms. The standard InChI is InChI=1S/C6H10N2O3S/c1-12-2-3(9)4-5(10)8-6(11)7-4/h3-4,9H,2H2,1H3,(H2,7,8,10,11). The number of hydrogen-bond acceptors (Lipinski definition) is 4. The van der Waals surface area contributed by atoms with Crippen molar-refractivity contribution in [3.05, 3.63) is 0 Å². The van der Waals surface area contributed by atoms with E-state index in [2.05, 4.69) is 5.32 Å². The molecule has 1 aliphatic rings. The van der Waals surface area contributed by atoms with E-state index in [4.69, 9.17) is 0 Å². The summed E-state index contributed by atoms with van der Waals surface area (Å²) in [5.74, 6) is -0.0280. The van der Waals surface area contributed by atoms with E-state index in [9.17, 15) is 14.7 Å². The van der Waals surface area contributed by atoms with Crippen LogP contribution in [0.4, 0.5) is 4.79 Å². The van der Waals surface area contributed by atoms with E-state index in [1.165, 1.54) is 11.8 Å². The highest BCUT2D eigenvalue weighted by molar-refractivity contribution is 7.98. The van der Waals surface area contributed by atoms with Gasteiger partial charge in [-0.15, -0.1) is 0 Å². The minimum atomic E-state index is -0.813. The van der Waals surface area contributed by atoms with E-state index in [1.807, 2.05) is 11.6 Å². The second-order valence-electron chi connectivity index (χ2n) is 2.46. The zero-order chi connectivity index (χ0) is 9.14. The lowest BCUT2D eigenvalue weighted by molar-refractivity contribution is -0.122.